The summed E-state index contributed by atoms with van der Waals surface area (Å²) in [5, 5.41) is 5.99. The zero-order chi connectivity index (χ0) is 15.5. The monoisotopic (exact) mass is 336 g/mol. The van der Waals surface area contributed by atoms with Gasteiger partial charge in [-0.1, -0.05) is 18.6 Å². The Bertz CT molecular complexity index is 485. The first-order valence-electron chi connectivity index (χ1n) is 7.09. The molecule has 22 heavy (non-hydrogen) atoms. The van der Waals surface area contributed by atoms with Crippen molar-refractivity contribution in [2.45, 2.75) is 44.4 Å². The smallest absolute Gasteiger partial charge is 0.348 e. The number of carbonyl (C=O) groups is 1. The second kappa shape index (κ2) is 7.83. The fraction of sp³-hybridized carbons (Fsp3) is 0.533. The molecule has 2 atom stereocenters. The summed E-state index contributed by atoms with van der Waals surface area (Å²) in [6.45, 7) is 2.59. The highest BCUT2D eigenvalue weighted by Crippen LogP contribution is 2.29. The first-order chi connectivity index (χ1) is 9.88. The average Bonchev–Trinajstić information content (AvgIpc) is 2.47. The van der Waals surface area contributed by atoms with E-state index in [1.54, 1.807) is 6.92 Å². The lowest BCUT2D eigenvalue weighted by Crippen LogP contribution is -2.47. The molecule has 1 aliphatic heterocycles. The van der Waals surface area contributed by atoms with E-state index in [1.165, 1.54) is 12.1 Å². The SMILES string of the molecule is CC(NC(=O)C1CCCCN1)c1ccc(C(F)(F)F)cc1.Cl. The summed E-state index contributed by atoms with van der Waals surface area (Å²) < 4.78 is 37.5. The van der Waals surface area contributed by atoms with Crippen LogP contribution >= 0.6 is 12.4 Å². The Balaban J connectivity index is 0.00000242. The minimum absolute atomic E-state index is 0. The Labute approximate surface area is 134 Å². The van der Waals surface area contributed by atoms with E-state index in [0.29, 0.717) is 5.56 Å². The first kappa shape index (κ1) is 18.8. The molecule has 0 spiro atoms. The maximum atomic E-state index is 12.5. The van der Waals surface area contributed by atoms with E-state index < -0.39 is 11.7 Å². The van der Waals surface area contributed by atoms with Crippen LogP contribution in [-0.4, -0.2) is 18.5 Å². The van der Waals surface area contributed by atoms with E-state index in [2.05, 4.69) is 10.6 Å². The van der Waals surface area contributed by atoms with Gasteiger partial charge in [0.15, 0.2) is 0 Å². The maximum absolute atomic E-state index is 12.5. The molecule has 3 nitrogen and oxygen atoms in total. The molecule has 0 bridgehead atoms. The van der Waals surface area contributed by atoms with Crippen LogP contribution in [0.25, 0.3) is 0 Å². The van der Waals surface area contributed by atoms with Crippen LogP contribution in [0.5, 0.6) is 0 Å². The highest BCUT2D eigenvalue weighted by atomic mass is 35.5. The van der Waals surface area contributed by atoms with Gasteiger partial charge in [-0.15, -0.1) is 12.4 Å². The molecule has 7 heteroatoms. The van der Waals surface area contributed by atoms with Crippen LogP contribution < -0.4 is 10.6 Å². The van der Waals surface area contributed by atoms with E-state index in [9.17, 15) is 18.0 Å². The molecule has 2 unspecified atom stereocenters. The van der Waals surface area contributed by atoms with Crippen LogP contribution in [0.1, 0.15) is 43.4 Å². The van der Waals surface area contributed by atoms with Gasteiger partial charge >= 0.3 is 6.18 Å². The second-order valence-corrected chi connectivity index (χ2v) is 5.35. The molecule has 0 saturated carbocycles. The van der Waals surface area contributed by atoms with Crippen molar-refractivity contribution in [1.82, 2.24) is 10.6 Å². The van der Waals surface area contributed by atoms with Crippen LogP contribution in [0, 0.1) is 0 Å². The highest BCUT2D eigenvalue weighted by molar-refractivity contribution is 5.85. The first-order valence-corrected chi connectivity index (χ1v) is 7.09. The topological polar surface area (TPSA) is 41.1 Å². The molecule has 1 heterocycles. The molecular weight excluding hydrogens is 317 g/mol. The zero-order valence-corrected chi connectivity index (χ0v) is 13.1. The van der Waals surface area contributed by atoms with Crippen molar-refractivity contribution in [2.75, 3.05) is 6.54 Å². The van der Waals surface area contributed by atoms with Gasteiger partial charge in [0.1, 0.15) is 0 Å². The molecule has 2 rings (SSSR count). The Kier molecular flexibility index (Phi) is 6.68. The molecular formula is C15H20ClF3N2O. The standard InChI is InChI=1S/C15H19F3N2O.ClH/c1-10(20-14(21)13-4-2-3-9-19-13)11-5-7-12(8-6-11)15(16,17)18;/h5-8,10,13,19H,2-4,9H2,1H3,(H,20,21);1H. The summed E-state index contributed by atoms with van der Waals surface area (Å²) in [7, 11) is 0. The number of hydrogen-bond donors (Lipinski definition) is 2. The van der Waals surface area contributed by atoms with Crippen molar-refractivity contribution in [2.24, 2.45) is 0 Å². The third kappa shape index (κ3) is 4.88. The van der Waals surface area contributed by atoms with Crippen molar-refractivity contribution in [3.8, 4) is 0 Å². The number of alkyl halides is 3. The molecule has 1 saturated heterocycles. The number of amides is 1. The van der Waals surface area contributed by atoms with Crippen molar-refractivity contribution in [3.05, 3.63) is 35.4 Å². The lowest BCUT2D eigenvalue weighted by atomic mass is 10.0. The van der Waals surface area contributed by atoms with Crippen molar-refractivity contribution in [1.29, 1.82) is 0 Å². The molecule has 124 valence electrons. The zero-order valence-electron chi connectivity index (χ0n) is 12.2. The average molecular weight is 337 g/mol. The lowest BCUT2D eigenvalue weighted by molar-refractivity contribution is -0.137. The van der Waals surface area contributed by atoms with Crippen LogP contribution in [0.15, 0.2) is 24.3 Å². The summed E-state index contributed by atoms with van der Waals surface area (Å²) in [4.78, 5) is 12.1. The molecule has 0 aliphatic carbocycles. The van der Waals surface area contributed by atoms with E-state index in [4.69, 9.17) is 0 Å². The number of carbonyl (C=O) groups excluding carboxylic acids is 1. The largest absolute Gasteiger partial charge is 0.416 e. The molecule has 1 aromatic rings. The van der Waals surface area contributed by atoms with Gasteiger partial charge < -0.3 is 10.6 Å². The van der Waals surface area contributed by atoms with Gasteiger partial charge in [-0.2, -0.15) is 13.2 Å². The molecule has 0 aromatic heterocycles. The van der Waals surface area contributed by atoms with E-state index >= 15 is 0 Å². The Morgan fingerprint density at radius 1 is 1.27 bits per heavy atom. The molecule has 1 fully saturated rings. The Morgan fingerprint density at radius 2 is 1.91 bits per heavy atom. The Hall–Kier alpha value is -1.27. The molecule has 2 N–H and O–H groups in total. The summed E-state index contributed by atoms with van der Waals surface area (Å²) in [5.74, 6) is -0.0953. The van der Waals surface area contributed by atoms with Crippen LogP contribution in [0.4, 0.5) is 13.2 Å². The van der Waals surface area contributed by atoms with Gasteiger partial charge in [0.2, 0.25) is 5.91 Å². The predicted octanol–water partition coefficient (Wildman–Crippen LogP) is 3.45. The fourth-order valence-electron chi connectivity index (χ4n) is 2.43. The maximum Gasteiger partial charge on any atom is 0.416 e. The second-order valence-electron chi connectivity index (χ2n) is 5.35. The van der Waals surface area contributed by atoms with E-state index in [-0.39, 0.29) is 30.4 Å². The predicted molar refractivity (Wildman–Crippen MR) is 80.9 cm³/mol. The summed E-state index contributed by atoms with van der Waals surface area (Å²) in [6.07, 6.45) is -1.46. The van der Waals surface area contributed by atoms with Gasteiger partial charge in [-0.3, -0.25) is 4.79 Å². The minimum atomic E-state index is -4.34. The van der Waals surface area contributed by atoms with Crippen LogP contribution in [0.3, 0.4) is 0 Å². The number of hydrogen-bond acceptors (Lipinski definition) is 2. The van der Waals surface area contributed by atoms with Gasteiger partial charge in [-0.05, 0) is 44.0 Å². The summed E-state index contributed by atoms with van der Waals surface area (Å²) >= 11 is 0. The third-order valence-corrected chi connectivity index (χ3v) is 3.72. The number of halogens is 4. The van der Waals surface area contributed by atoms with Crippen LogP contribution in [0.2, 0.25) is 0 Å². The Morgan fingerprint density at radius 3 is 2.41 bits per heavy atom. The van der Waals surface area contributed by atoms with Crippen LogP contribution in [-0.2, 0) is 11.0 Å². The van der Waals surface area contributed by atoms with E-state index in [0.717, 1.165) is 37.9 Å². The summed E-state index contributed by atoms with van der Waals surface area (Å²) in [6, 6.07) is 4.37. The quantitative estimate of drug-likeness (QED) is 0.887. The summed E-state index contributed by atoms with van der Waals surface area (Å²) in [5.41, 5.74) is -0.0223. The molecule has 1 amide bonds. The normalized spacial score (nSPS) is 19.9. The lowest BCUT2D eigenvalue weighted by Gasteiger charge is -2.24. The van der Waals surface area contributed by atoms with Gasteiger partial charge in [-0.25, -0.2) is 0 Å². The number of benzene rings is 1. The third-order valence-electron chi connectivity index (χ3n) is 3.72. The molecule has 1 aromatic carbocycles. The molecule has 0 radical (unpaired) electrons. The highest BCUT2D eigenvalue weighted by Gasteiger charge is 2.30. The molecule has 1 aliphatic rings. The van der Waals surface area contributed by atoms with Crippen molar-refractivity contribution in [3.63, 3.8) is 0 Å². The number of piperidine rings is 1. The van der Waals surface area contributed by atoms with Gasteiger partial charge in [0, 0.05) is 0 Å². The fourth-order valence-corrected chi connectivity index (χ4v) is 2.43. The number of nitrogens with one attached hydrogen (secondary N) is 2. The van der Waals surface area contributed by atoms with Gasteiger partial charge in [0.25, 0.3) is 0 Å². The van der Waals surface area contributed by atoms with Crippen molar-refractivity contribution < 1.29 is 18.0 Å². The number of rotatable bonds is 3. The van der Waals surface area contributed by atoms with Crippen molar-refractivity contribution >= 4 is 18.3 Å². The van der Waals surface area contributed by atoms with E-state index in [1.807, 2.05) is 0 Å². The van der Waals surface area contributed by atoms with Gasteiger partial charge in [0.05, 0.1) is 17.6 Å². The minimum Gasteiger partial charge on any atom is -0.348 e.